The van der Waals surface area contributed by atoms with E-state index < -0.39 is 0 Å². The number of Topliss-reactive ketones (excluding diaryl/α,β-unsaturated/α-hetero) is 1. The van der Waals surface area contributed by atoms with Crippen LogP contribution in [0.1, 0.15) is 22.6 Å². The van der Waals surface area contributed by atoms with Gasteiger partial charge in [0.05, 0.1) is 6.54 Å². The number of nitrogens with zero attached hydrogens (tertiary/aromatic N) is 3. The topological polar surface area (TPSA) is 38.1 Å². The van der Waals surface area contributed by atoms with Gasteiger partial charge in [0.25, 0.3) is 0 Å². The first-order valence-electron chi connectivity index (χ1n) is 6.73. The minimum atomic E-state index is 0.200. The molecule has 0 aliphatic carbocycles. The van der Waals surface area contributed by atoms with E-state index in [-0.39, 0.29) is 5.78 Å². The molecule has 1 aliphatic heterocycles. The summed E-state index contributed by atoms with van der Waals surface area (Å²) in [6.45, 7) is 3.57. The predicted molar refractivity (Wildman–Crippen MR) is 80.6 cm³/mol. The van der Waals surface area contributed by atoms with Gasteiger partial charge in [0.15, 0.2) is 5.78 Å². The number of rotatable bonds is 4. The van der Waals surface area contributed by atoms with Crippen molar-refractivity contribution in [2.75, 3.05) is 13.1 Å². The van der Waals surface area contributed by atoms with E-state index in [9.17, 15) is 4.79 Å². The SMILES string of the molecule is O=C(CCN1CCn2ccnc2C1)c1ccc(Br)cc1. The van der Waals surface area contributed by atoms with Crippen LogP contribution >= 0.6 is 15.9 Å². The van der Waals surface area contributed by atoms with Gasteiger partial charge in [-0.2, -0.15) is 0 Å². The summed E-state index contributed by atoms with van der Waals surface area (Å²) in [6.07, 6.45) is 4.41. The van der Waals surface area contributed by atoms with Crippen molar-refractivity contribution in [1.82, 2.24) is 14.5 Å². The number of carbonyl (C=O) groups excluding carboxylic acids is 1. The number of carbonyl (C=O) groups is 1. The van der Waals surface area contributed by atoms with Gasteiger partial charge in [-0.05, 0) is 12.1 Å². The van der Waals surface area contributed by atoms with E-state index in [1.165, 1.54) is 0 Å². The van der Waals surface area contributed by atoms with Gasteiger partial charge >= 0.3 is 0 Å². The van der Waals surface area contributed by atoms with Crippen molar-refractivity contribution >= 4 is 21.7 Å². The number of fused-ring (bicyclic) bond motifs is 1. The molecule has 1 aromatic heterocycles. The number of ketones is 1. The lowest BCUT2D eigenvalue weighted by Crippen LogP contribution is -2.35. The Morgan fingerprint density at radius 3 is 2.85 bits per heavy atom. The van der Waals surface area contributed by atoms with E-state index in [4.69, 9.17) is 0 Å². The van der Waals surface area contributed by atoms with Gasteiger partial charge in [-0.3, -0.25) is 9.69 Å². The molecule has 5 heteroatoms. The first-order valence-corrected chi connectivity index (χ1v) is 7.53. The molecular formula is C15H16BrN3O. The first-order chi connectivity index (χ1) is 9.72. The number of hydrogen-bond acceptors (Lipinski definition) is 3. The largest absolute Gasteiger partial charge is 0.333 e. The summed E-state index contributed by atoms with van der Waals surface area (Å²) in [5.41, 5.74) is 0.784. The Morgan fingerprint density at radius 2 is 2.05 bits per heavy atom. The van der Waals surface area contributed by atoms with Crippen LogP contribution in [0, 0.1) is 0 Å². The predicted octanol–water partition coefficient (Wildman–Crippen LogP) is 2.73. The maximum Gasteiger partial charge on any atom is 0.164 e. The molecular weight excluding hydrogens is 318 g/mol. The minimum absolute atomic E-state index is 0.200. The third-order valence-electron chi connectivity index (χ3n) is 3.65. The van der Waals surface area contributed by atoms with Crippen LogP contribution in [0.2, 0.25) is 0 Å². The highest BCUT2D eigenvalue weighted by Gasteiger charge is 2.17. The molecule has 20 heavy (non-hydrogen) atoms. The zero-order valence-corrected chi connectivity index (χ0v) is 12.7. The van der Waals surface area contributed by atoms with Crippen LogP contribution in [-0.2, 0) is 13.1 Å². The van der Waals surface area contributed by atoms with Crippen molar-refractivity contribution < 1.29 is 4.79 Å². The third-order valence-corrected chi connectivity index (χ3v) is 4.17. The molecule has 0 bridgehead atoms. The molecule has 0 amide bonds. The maximum atomic E-state index is 12.1. The molecule has 0 atom stereocenters. The van der Waals surface area contributed by atoms with Crippen LogP contribution in [0.15, 0.2) is 41.1 Å². The van der Waals surface area contributed by atoms with E-state index in [1.807, 2.05) is 36.7 Å². The van der Waals surface area contributed by atoms with Crippen molar-refractivity contribution in [3.63, 3.8) is 0 Å². The van der Waals surface area contributed by atoms with Crippen molar-refractivity contribution in [2.45, 2.75) is 19.5 Å². The number of aromatic nitrogens is 2. The second kappa shape index (κ2) is 5.89. The zero-order chi connectivity index (χ0) is 13.9. The summed E-state index contributed by atoms with van der Waals surface area (Å²) in [6, 6.07) is 7.56. The van der Waals surface area contributed by atoms with Gasteiger partial charge in [0, 0.05) is 48.5 Å². The number of benzene rings is 1. The van der Waals surface area contributed by atoms with Gasteiger partial charge in [-0.15, -0.1) is 0 Å². The second-order valence-electron chi connectivity index (χ2n) is 4.99. The monoisotopic (exact) mass is 333 g/mol. The summed E-state index contributed by atoms with van der Waals surface area (Å²) in [5.74, 6) is 1.29. The number of hydrogen-bond donors (Lipinski definition) is 0. The van der Waals surface area contributed by atoms with Crippen molar-refractivity contribution in [1.29, 1.82) is 0 Å². The van der Waals surface area contributed by atoms with Gasteiger partial charge in [-0.1, -0.05) is 28.1 Å². The third kappa shape index (κ3) is 2.99. The van der Waals surface area contributed by atoms with Crippen molar-refractivity contribution in [3.8, 4) is 0 Å². The molecule has 0 N–H and O–H groups in total. The lowest BCUT2D eigenvalue weighted by atomic mass is 10.1. The zero-order valence-electron chi connectivity index (χ0n) is 11.1. The molecule has 1 aliphatic rings. The number of imidazole rings is 1. The van der Waals surface area contributed by atoms with E-state index in [2.05, 4.69) is 30.4 Å². The summed E-state index contributed by atoms with van der Waals surface area (Å²) in [7, 11) is 0. The molecule has 0 saturated carbocycles. The fraction of sp³-hybridized carbons (Fsp3) is 0.333. The van der Waals surface area contributed by atoms with E-state index in [0.717, 1.165) is 42.0 Å². The Labute approximate surface area is 126 Å². The average Bonchev–Trinajstić information content (AvgIpc) is 2.93. The standard InChI is InChI=1S/C15H16BrN3O/c16-13-3-1-12(2-4-13)14(20)5-7-18-9-10-19-8-6-17-15(19)11-18/h1-4,6,8H,5,7,9-11H2. The fourth-order valence-corrected chi connectivity index (χ4v) is 2.72. The molecule has 2 aromatic rings. The molecule has 0 spiro atoms. The Morgan fingerprint density at radius 1 is 1.25 bits per heavy atom. The molecule has 4 nitrogen and oxygen atoms in total. The van der Waals surface area contributed by atoms with E-state index in [1.54, 1.807) is 0 Å². The Kier molecular flexibility index (Phi) is 3.98. The molecule has 1 aromatic carbocycles. The smallest absolute Gasteiger partial charge is 0.164 e. The molecule has 0 saturated heterocycles. The summed E-state index contributed by atoms with van der Waals surface area (Å²) >= 11 is 3.38. The molecule has 0 fully saturated rings. The Balaban J connectivity index is 1.55. The summed E-state index contributed by atoms with van der Waals surface area (Å²) in [5, 5.41) is 0. The lowest BCUT2D eigenvalue weighted by molar-refractivity contribution is 0.0955. The first kappa shape index (κ1) is 13.5. The van der Waals surface area contributed by atoms with Gasteiger partial charge in [-0.25, -0.2) is 4.98 Å². The summed E-state index contributed by atoms with van der Waals surface area (Å²) in [4.78, 5) is 18.8. The van der Waals surface area contributed by atoms with Gasteiger partial charge in [0.2, 0.25) is 0 Å². The van der Waals surface area contributed by atoms with E-state index >= 15 is 0 Å². The normalized spacial score (nSPS) is 15.1. The maximum absolute atomic E-state index is 12.1. The molecule has 104 valence electrons. The van der Waals surface area contributed by atoms with Gasteiger partial charge in [0.1, 0.15) is 5.82 Å². The van der Waals surface area contributed by atoms with Crippen LogP contribution in [0.25, 0.3) is 0 Å². The van der Waals surface area contributed by atoms with Crippen LogP contribution in [-0.4, -0.2) is 33.3 Å². The van der Waals surface area contributed by atoms with Crippen LogP contribution in [0.5, 0.6) is 0 Å². The Hall–Kier alpha value is -1.46. The van der Waals surface area contributed by atoms with Crippen molar-refractivity contribution in [3.05, 3.63) is 52.5 Å². The Bertz CT molecular complexity index is 606. The summed E-state index contributed by atoms with van der Waals surface area (Å²) < 4.78 is 3.17. The quantitative estimate of drug-likeness (QED) is 0.807. The second-order valence-corrected chi connectivity index (χ2v) is 5.91. The lowest BCUT2D eigenvalue weighted by Gasteiger charge is -2.27. The average molecular weight is 334 g/mol. The highest BCUT2D eigenvalue weighted by Crippen LogP contribution is 2.14. The van der Waals surface area contributed by atoms with Gasteiger partial charge < -0.3 is 4.57 Å². The fourth-order valence-electron chi connectivity index (χ4n) is 2.45. The molecule has 0 radical (unpaired) electrons. The highest BCUT2D eigenvalue weighted by molar-refractivity contribution is 9.10. The van der Waals surface area contributed by atoms with Crippen LogP contribution in [0.3, 0.4) is 0 Å². The minimum Gasteiger partial charge on any atom is -0.333 e. The molecule has 2 heterocycles. The van der Waals surface area contributed by atoms with E-state index in [0.29, 0.717) is 6.42 Å². The highest BCUT2D eigenvalue weighted by atomic mass is 79.9. The molecule has 0 unspecified atom stereocenters. The molecule has 3 rings (SSSR count). The van der Waals surface area contributed by atoms with Crippen LogP contribution < -0.4 is 0 Å². The number of halogens is 1. The van der Waals surface area contributed by atoms with Crippen molar-refractivity contribution in [2.24, 2.45) is 0 Å². The van der Waals surface area contributed by atoms with Crippen LogP contribution in [0.4, 0.5) is 0 Å².